The van der Waals surface area contributed by atoms with Gasteiger partial charge in [0.05, 0.1) is 6.54 Å². The van der Waals surface area contributed by atoms with Crippen LogP contribution in [-0.4, -0.2) is 47.8 Å². The van der Waals surface area contributed by atoms with E-state index < -0.39 is 42.9 Å². The third-order valence-electron chi connectivity index (χ3n) is 2.74. The molecule has 0 aromatic rings. The number of carbonyl (C=O) groups is 1. The Bertz CT molecular complexity index is 456. The summed E-state index contributed by atoms with van der Waals surface area (Å²) in [6.07, 6.45) is -6.90. The van der Waals surface area contributed by atoms with Gasteiger partial charge in [-0.3, -0.25) is 4.79 Å². The van der Waals surface area contributed by atoms with Crippen molar-refractivity contribution < 1.29 is 44.3 Å². The molecule has 0 heterocycles. The van der Waals surface area contributed by atoms with Crippen LogP contribution in [0.2, 0.25) is 0 Å². The monoisotopic (exact) mass is 359 g/mol. The highest BCUT2D eigenvalue weighted by molar-refractivity contribution is 5.92. The fourth-order valence-electron chi connectivity index (χ4n) is 1.54. The molecular weight excluding hydrogens is 345 g/mol. The van der Waals surface area contributed by atoms with E-state index >= 15 is 0 Å². The summed E-state index contributed by atoms with van der Waals surface area (Å²) in [5, 5.41) is 0. The van der Waals surface area contributed by atoms with Gasteiger partial charge in [0, 0.05) is 12.1 Å². The molecule has 0 N–H and O–H groups in total. The van der Waals surface area contributed by atoms with Gasteiger partial charge < -0.3 is 4.90 Å². The van der Waals surface area contributed by atoms with Crippen LogP contribution in [0.5, 0.6) is 0 Å². The van der Waals surface area contributed by atoms with Gasteiger partial charge in [0.25, 0.3) is 0 Å². The SMILES string of the molecule is C=C(C)C(=O)N(CCC)CC(F)(F)C(F)(F)C(F)(F)C(F)(F)F. The topological polar surface area (TPSA) is 20.3 Å². The third kappa shape index (κ3) is 4.11. The molecule has 0 aliphatic rings. The van der Waals surface area contributed by atoms with Crippen molar-refractivity contribution in [3.8, 4) is 0 Å². The summed E-state index contributed by atoms with van der Waals surface area (Å²) in [6, 6.07) is 0. The Kier molecular flexibility index (Phi) is 6.19. The summed E-state index contributed by atoms with van der Waals surface area (Å²) >= 11 is 0. The van der Waals surface area contributed by atoms with E-state index in [1.54, 1.807) is 0 Å². The standard InChI is InChI=1S/C12H14F9NO/c1-4-5-22(8(23)7(2)3)6-9(13,14)10(15,16)11(17,18)12(19,20)21/h2,4-6H2,1,3H3. The van der Waals surface area contributed by atoms with Crippen LogP contribution < -0.4 is 0 Å². The minimum absolute atomic E-state index is 0.0175. The predicted octanol–water partition coefficient (Wildman–Crippen LogP) is 4.27. The Balaban J connectivity index is 5.68. The first-order valence-corrected chi connectivity index (χ1v) is 6.18. The lowest BCUT2D eigenvalue weighted by molar-refractivity contribution is -0.396. The fraction of sp³-hybridized carbons (Fsp3) is 0.750. The molecule has 0 saturated heterocycles. The number of rotatable bonds is 7. The van der Waals surface area contributed by atoms with E-state index in [-0.39, 0.29) is 16.9 Å². The van der Waals surface area contributed by atoms with E-state index in [1.165, 1.54) is 6.92 Å². The molecule has 23 heavy (non-hydrogen) atoms. The molecule has 0 aromatic heterocycles. The maximum atomic E-state index is 13.5. The lowest BCUT2D eigenvalue weighted by atomic mass is 10.0. The van der Waals surface area contributed by atoms with Gasteiger partial charge in [-0.15, -0.1) is 0 Å². The minimum Gasteiger partial charge on any atom is -0.333 e. The Labute approximate surface area is 125 Å². The Hall–Kier alpha value is -1.42. The van der Waals surface area contributed by atoms with Crippen molar-refractivity contribution in [3.63, 3.8) is 0 Å². The zero-order valence-electron chi connectivity index (χ0n) is 12.1. The van der Waals surface area contributed by atoms with Gasteiger partial charge in [-0.05, 0) is 13.3 Å². The van der Waals surface area contributed by atoms with Crippen molar-refractivity contribution in [1.29, 1.82) is 0 Å². The number of carbonyl (C=O) groups excluding carboxylic acids is 1. The summed E-state index contributed by atoms with van der Waals surface area (Å²) < 4.78 is 115. The van der Waals surface area contributed by atoms with Crippen molar-refractivity contribution >= 4 is 5.91 Å². The molecular formula is C12H14F9NO. The van der Waals surface area contributed by atoms with Crippen molar-refractivity contribution in [2.24, 2.45) is 0 Å². The van der Waals surface area contributed by atoms with Gasteiger partial charge in [-0.25, -0.2) is 0 Å². The minimum atomic E-state index is -6.96. The molecule has 0 bridgehead atoms. The second-order valence-corrected chi connectivity index (χ2v) is 4.86. The predicted molar refractivity (Wildman–Crippen MR) is 62.6 cm³/mol. The highest BCUT2D eigenvalue weighted by Crippen LogP contribution is 2.53. The molecule has 1 amide bonds. The summed E-state index contributed by atoms with van der Waals surface area (Å²) in [6.45, 7) is 2.65. The first-order chi connectivity index (χ1) is 10.0. The van der Waals surface area contributed by atoms with E-state index in [0.717, 1.165) is 6.92 Å². The van der Waals surface area contributed by atoms with Gasteiger partial charge in [0.2, 0.25) is 5.91 Å². The normalized spacial score (nSPS) is 13.9. The molecule has 0 rings (SSSR count). The molecule has 0 aliphatic heterocycles. The number of nitrogens with zero attached hydrogens (tertiary/aromatic N) is 1. The summed E-state index contributed by atoms with van der Waals surface area (Å²) in [4.78, 5) is 11.6. The zero-order chi connectivity index (χ0) is 18.9. The van der Waals surface area contributed by atoms with E-state index in [2.05, 4.69) is 6.58 Å². The van der Waals surface area contributed by atoms with E-state index in [0.29, 0.717) is 0 Å². The molecule has 0 spiro atoms. The van der Waals surface area contributed by atoms with Crippen LogP contribution in [0.4, 0.5) is 39.5 Å². The van der Waals surface area contributed by atoms with Crippen LogP contribution in [0.15, 0.2) is 12.2 Å². The third-order valence-corrected chi connectivity index (χ3v) is 2.74. The van der Waals surface area contributed by atoms with Crippen molar-refractivity contribution in [1.82, 2.24) is 4.90 Å². The summed E-state index contributed by atoms with van der Waals surface area (Å²) in [5.74, 6) is -20.8. The molecule has 136 valence electrons. The van der Waals surface area contributed by atoms with Crippen LogP contribution in [0.1, 0.15) is 20.3 Å². The maximum absolute atomic E-state index is 13.5. The van der Waals surface area contributed by atoms with Crippen LogP contribution in [0.3, 0.4) is 0 Å². The number of hydrogen-bond acceptors (Lipinski definition) is 1. The van der Waals surface area contributed by atoms with E-state index in [1.807, 2.05) is 0 Å². The smallest absolute Gasteiger partial charge is 0.333 e. The number of hydrogen-bond donors (Lipinski definition) is 0. The molecule has 0 radical (unpaired) electrons. The highest BCUT2D eigenvalue weighted by Gasteiger charge is 2.81. The van der Waals surface area contributed by atoms with E-state index in [4.69, 9.17) is 0 Å². The van der Waals surface area contributed by atoms with Crippen LogP contribution in [-0.2, 0) is 4.79 Å². The Morgan fingerprint density at radius 3 is 1.70 bits per heavy atom. The van der Waals surface area contributed by atoms with Gasteiger partial charge in [-0.2, -0.15) is 39.5 Å². The number of amides is 1. The van der Waals surface area contributed by atoms with E-state index in [9.17, 15) is 44.3 Å². The quantitative estimate of drug-likeness (QED) is 0.491. The largest absolute Gasteiger partial charge is 0.460 e. The molecule has 0 atom stereocenters. The summed E-state index contributed by atoms with van der Waals surface area (Å²) in [5.41, 5.74) is -0.361. The molecule has 2 nitrogen and oxygen atoms in total. The number of halogens is 9. The van der Waals surface area contributed by atoms with Crippen molar-refractivity contribution in [3.05, 3.63) is 12.2 Å². The highest BCUT2D eigenvalue weighted by atomic mass is 19.4. The first-order valence-electron chi connectivity index (χ1n) is 6.18. The van der Waals surface area contributed by atoms with Crippen LogP contribution >= 0.6 is 0 Å². The molecule has 0 unspecified atom stereocenters. The average Bonchev–Trinajstić information content (AvgIpc) is 2.35. The fourth-order valence-corrected chi connectivity index (χ4v) is 1.54. The lowest BCUT2D eigenvalue weighted by Crippen LogP contribution is -2.64. The van der Waals surface area contributed by atoms with Gasteiger partial charge >= 0.3 is 23.9 Å². The number of alkyl halides is 9. The Morgan fingerprint density at radius 2 is 1.39 bits per heavy atom. The van der Waals surface area contributed by atoms with Crippen LogP contribution in [0, 0.1) is 0 Å². The molecule has 0 aliphatic carbocycles. The maximum Gasteiger partial charge on any atom is 0.460 e. The van der Waals surface area contributed by atoms with Gasteiger partial charge in [-0.1, -0.05) is 13.5 Å². The second kappa shape index (κ2) is 6.60. The molecule has 0 fully saturated rings. The first kappa shape index (κ1) is 21.6. The molecule has 0 saturated carbocycles. The summed E-state index contributed by atoms with van der Waals surface area (Å²) in [7, 11) is 0. The van der Waals surface area contributed by atoms with Gasteiger partial charge in [0.1, 0.15) is 0 Å². The van der Waals surface area contributed by atoms with Gasteiger partial charge in [0.15, 0.2) is 0 Å². The van der Waals surface area contributed by atoms with Crippen molar-refractivity contribution in [2.75, 3.05) is 13.1 Å². The average molecular weight is 359 g/mol. The lowest BCUT2D eigenvalue weighted by Gasteiger charge is -2.36. The zero-order valence-corrected chi connectivity index (χ0v) is 12.1. The Morgan fingerprint density at radius 1 is 0.957 bits per heavy atom. The molecule has 11 heteroatoms. The second-order valence-electron chi connectivity index (χ2n) is 4.86. The molecule has 0 aromatic carbocycles. The van der Waals surface area contributed by atoms with Crippen molar-refractivity contribution in [2.45, 2.75) is 44.2 Å². The van der Waals surface area contributed by atoms with Crippen LogP contribution in [0.25, 0.3) is 0 Å².